The summed E-state index contributed by atoms with van der Waals surface area (Å²) in [4.78, 5) is 4.26. The van der Waals surface area contributed by atoms with Gasteiger partial charge >= 0.3 is 0 Å². The Kier molecular flexibility index (Phi) is 4.81. The lowest BCUT2D eigenvalue weighted by Crippen LogP contribution is -2.06. The SMILES string of the molecule is CS(=O)(=O)Cc1ccc(CCNc2cncc3ccccc23)cc1. The molecule has 0 aliphatic heterocycles. The second-order valence-electron chi connectivity index (χ2n) is 5.97. The fraction of sp³-hybridized carbons (Fsp3) is 0.211. The Labute approximate surface area is 142 Å². The van der Waals surface area contributed by atoms with Crippen LogP contribution >= 0.6 is 0 Å². The van der Waals surface area contributed by atoms with E-state index >= 15 is 0 Å². The molecule has 24 heavy (non-hydrogen) atoms. The highest BCUT2D eigenvalue weighted by Gasteiger charge is 2.04. The molecule has 0 saturated carbocycles. The van der Waals surface area contributed by atoms with E-state index in [0.29, 0.717) is 0 Å². The van der Waals surface area contributed by atoms with E-state index < -0.39 is 9.84 Å². The van der Waals surface area contributed by atoms with E-state index in [1.807, 2.05) is 54.9 Å². The number of aromatic nitrogens is 1. The minimum Gasteiger partial charge on any atom is -0.383 e. The smallest absolute Gasteiger partial charge is 0.151 e. The number of hydrogen-bond donors (Lipinski definition) is 1. The van der Waals surface area contributed by atoms with Gasteiger partial charge < -0.3 is 5.32 Å². The number of fused-ring (bicyclic) bond motifs is 1. The lowest BCUT2D eigenvalue weighted by molar-refractivity contribution is 0.601. The average Bonchev–Trinajstić information content (AvgIpc) is 2.55. The van der Waals surface area contributed by atoms with Gasteiger partial charge in [0.1, 0.15) is 0 Å². The second-order valence-corrected chi connectivity index (χ2v) is 8.11. The highest BCUT2D eigenvalue weighted by Crippen LogP contribution is 2.21. The minimum absolute atomic E-state index is 0.0905. The van der Waals surface area contributed by atoms with Crippen molar-refractivity contribution in [3.63, 3.8) is 0 Å². The van der Waals surface area contributed by atoms with Crippen molar-refractivity contribution in [2.45, 2.75) is 12.2 Å². The minimum atomic E-state index is -2.98. The third-order valence-corrected chi connectivity index (χ3v) is 4.71. The Morgan fingerprint density at radius 2 is 1.67 bits per heavy atom. The largest absolute Gasteiger partial charge is 0.383 e. The van der Waals surface area contributed by atoms with Gasteiger partial charge in [-0.15, -0.1) is 0 Å². The van der Waals surface area contributed by atoms with Crippen LogP contribution in [0, 0.1) is 0 Å². The first-order valence-electron chi connectivity index (χ1n) is 7.83. The summed E-state index contributed by atoms with van der Waals surface area (Å²) in [7, 11) is -2.98. The lowest BCUT2D eigenvalue weighted by Gasteiger charge is -2.09. The van der Waals surface area contributed by atoms with Crippen molar-refractivity contribution in [1.29, 1.82) is 0 Å². The van der Waals surface area contributed by atoms with Crippen molar-refractivity contribution in [2.24, 2.45) is 0 Å². The molecule has 124 valence electrons. The van der Waals surface area contributed by atoms with Gasteiger partial charge in [-0.05, 0) is 17.5 Å². The van der Waals surface area contributed by atoms with Crippen LogP contribution in [0.2, 0.25) is 0 Å². The normalized spacial score (nSPS) is 11.5. The number of benzene rings is 2. The molecular weight excluding hydrogens is 320 g/mol. The van der Waals surface area contributed by atoms with Crippen molar-refractivity contribution in [3.8, 4) is 0 Å². The molecule has 0 spiro atoms. The van der Waals surface area contributed by atoms with E-state index in [1.54, 1.807) is 0 Å². The van der Waals surface area contributed by atoms with Crippen molar-refractivity contribution < 1.29 is 8.42 Å². The molecule has 0 bridgehead atoms. The van der Waals surface area contributed by atoms with E-state index in [2.05, 4.69) is 16.4 Å². The highest BCUT2D eigenvalue weighted by molar-refractivity contribution is 7.89. The summed E-state index contributed by atoms with van der Waals surface area (Å²) >= 11 is 0. The van der Waals surface area contributed by atoms with Crippen molar-refractivity contribution >= 4 is 26.3 Å². The fourth-order valence-electron chi connectivity index (χ4n) is 2.70. The summed E-state index contributed by atoms with van der Waals surface area (Å²) in [6.07, 6.45) is 5.82. The summed E-state index contributed by atoms with van der Waals surface area (Å²) in [6, 6.07) is 15.9. The number of sulfone groups is 1. The van der Waals surface area contributed by atoms with E-state index in [0.717, 1.165) is 35.0 Å². The van der Waals surface area contributed by atoms with Gasteiger partial charge in [0.15, 0.2) is 9.84 Å². The van der Waals surface area contributed by atoms with Crippen molar-refractivity contribution in [2.75, 3.05) is 18.1 Å². The Balaban J connectivity index is 1.62. The fourth-order valence-corrected chi connectivity index (χ4v) is 3.50. The summed E-state index contributed by atoms with van der Waals surface area (Å²) in [6.45, 7) is 0.793. The number of nitrogens with one attached hydrogen (secondary N) is 1. The third kappa shape index (κ3) is 4.32. The average molecular weight is 340 g/mol. The maximum Gasteiger partial charge on any atom is 0.151 e. The van der Waals surface area contributed by atoms with E-state index in [-0.39, 0.29) is 5.75 Å². The Bertz CT molecular complexity index is 930. The van der Waals surface area contributed by atoms with Crippen LogP contribution in [0.3, 0.4) is 0 Å². The molecule has 0 unspecified atom stereocenters. The number of pyridine rings is 1. The zero-order chi connectivity index (χ0) is 17.0. The van der Waals surface area contributed by atoms with Gasteiger partial charge in [0, 0.05) is 29.8 Å². The molecule has 0 saturated heterocycles. The molecular formula is C19H20N2O2S. The van der Waals surface area contributed by atoms with Gasteiger partial charge in [-0.3, -0.25) is 4.98 Å². The zero-order valence-corrected chi connectivity index (χ0v) is 14.4. The number of anilines is 1. The number of hydrogen-bond acceptors (Lipinski definition) is 4. The predicted molar refractivity (Wildman–Crippen MR) is 98.9 cm³/mol. The maximum absolute atomic E-state index is 11.3. The van der Waals surface area contributed by atoms with E-state index in [1.165, 1.54) is 11.8 Å². The van der Waals surface area contributed by atoms with E-state index in [9.17, 15) is 8.42 Å². The van der Waals surface area contributed by atoms with Crippen LogP contribution in [0.4, 0.5) is 5.69 Å². The van der Waals surface area contributed by atoms with Crippen LogP contribution in [0.1, 0.15) is 11.1 Å². The zero-order valence-electron chi connectivity index (χ0n) is 13.6. The van der Waals surface area contributed by atoms with Crippen molar-refractivity contribution in [3.05, 3.63) is 72.1 Å². The van der Waals surface area contributed by atoms with Crippen molar-refractivity contribution in [1.82, 2.24) is 4.98 Å². The summed E-state index contributed by atoms with van der Waals surface area (Å²) < 4.78 is 22.6. The maximum atomic E-state index is 11.3. The first kappa shape index (κ1) is 16.5. The molecule has 3 rings (SSSR count). The molecule has 0 atom stereocenters. The molecule has 2 aromatic carbocycles. The standard InChI is InChI=1S/C19H20N2O2S/c1-24(22,23)14-16-8-6-15(7-9-16)10-11-21-19-13-20-12-17-4-2-3-5-18(17)19/h2-9,12-13,21H,10-11,14H2,1H3. The van der Waals surface area contributed by atoms with E-state index in [4.69, 9.17) is 0 Å². The highest BCUT2D eigenvalue weighted by atomic mass is 32.2. The molecule has 0 fully saturated rings. The van der Waals surface area contributed by atoms with Crippen LogP contribution in [-0.4, -0.2) is 26.2 Å². The summed E-state index contributed by atoms with van der Waals surface area (Å²) in [5.74, 6) is 0.0905. The van der Waals surface area contributed by atoms with Gasteiger partial charge in [0.05, 0.1) is 17.6 Å². The van der Waals surface area contributed by atoms with Crippen LogP contribution in [0.25, 0.3) is 10.8 Å². The molecule has 0 radical (unpaired) electrons. The first-order valence-corrected chi connectivity index (χ1v) is 9.89. The second kappa shape index (κ2) is 7.01. The van der Waals surface area contributed by atoms with Crippen LogP contribution in [0.15, 0.2) is 60.9 Å². The molecule has 0 aliphatic carbocycles. The van der Waals surface area contributed by atoms with Crippen LogP contribution in [0.5, 0.6) is 0 Å². The molecule has 4 nitrogen and oxygen atoms in total. The van der Waals surface area contributed by atoms with Crippen LogP contribution < -0.4 is 5.32 Å². The molecule has 0 aliphatic rings. The predicted octanol–water partition coefficient (Wildman–Crippen LogP) is 3.43. The molecule has 3 aromatic rings. The van der Waals surface area contributed by atoms with Gasteiger partial charge in [-0.2, -0.15) is 0 Å². The Hall–Kier alpha value is -2.40. The van der Waals surface area contributed by atoms with Gasteiger partial charge in [-0.25, -0.2) is 8.42 Å². The number of rotatable bonds is 6. The lowest BCUT2D eigenvalue weighted by atomic mass is 10.1. The number of nitrogens with zero attached hydrogens (tertiary/aromatic N) is 1. The van der Waals surface area contributed by atoms with Gasteiger partial charge in [0.2, 0.25) is 0 Å². The van der Waals surface area contributed by atoms with Crippen LogP contribution in [-0.2, 0) is 22.0 Å². The quantitative estimate of drug-likeness (QED) is 0.747. The molecule has 5 heteroatoms. The third-order valence-electron chi connectivity index (χ3n) is 3.85. The molecule has 1 aromatic heterocycles. The summed E-state index contributed by atoms with van der Waals surface area (Å²) in [5, 5.41) is 5.71. The first-order chi connectivity index (χ1) is 11.5. The Morgan fingerprint density at radius 3 is 2.42 bits per heavy atom. The van der Waals surface area contributed by atoms with Gasteiger partial charge in [0.25, 0.3) is 0 Å². The molecule has 0 amide bonds. The summed E-state index contributed by atoms with van der Waals surface area (Å²) in [5.41, 5.74) is 3.03. The topological polar surface area (TPSA) is 59.1 Å². The molecule has 1 heterocycles. The monoisotopic (exact) mass is 340 g/mol. The molecule has 1 N–H and O–H groups in total. The van der Waals surface area contributed by atoms with Gasteiger partial charge in [-0.1, -0.05) is 48.5 Å². The Morgan fingerprint density at radius 1 is 0.958 bits per heavy atom.